The van der Waals surface area contributed by atoms with Crippen LogP contribution in [0.5, 0.6) is 11.5 Å². The molecule has 0 radical (unpaired) electrons. The monoisotopic (exact) mass is 254 g/mol. The van der Waals surface area contributed by atoms with Crippen LogP contribution in [0.2, 0.25) is 0 Å². The predicted octanol–water partition coefficient (Wildman–Crippen LogP) is 3.49. The molecule has 2 nitrogen and oxygen atoms in total. The molecule has 94 valence electrons. The summed E-state index contributed by atoms with van der Waals surface area (Å²) in [7, 11) is 0. The van der Waals surface area contributed by atoms with E-state index in [0.717, 1.165) is 19.1 Å². The van der Waals surface area contributed by atoms with Crippen molar-refractivity contribution in [3.05, 3.63) is 47.3 Å². The molecule has 0 bridgehead atoms. The molecule has 2 aromatic carbocycles. The van der Waals surface area contributed by atoms with Crippen LogP contribution >= 0.6 is 0 Å². The average molecular weight is 254 g/mol. The smallest absolute Gasteiger partial charge is 0.164 e. The molecular weight excluding hydrogens is 245 g/mol. The zero-order valence-electron chi connectivity index (χ0n) is 9.34. The number of benzene rings is 2. The molecule has 0 spiro atoms. The number of aromatic hydroxyl groups is 2. The van der Waals surface area contributed by atoms with E-state index in [4.69, 9.17) is 0 Å². The Bertz CT molecular complexity index is 624. The van der Waals surface area contributed by atoms with Gasteiger partial charge in [0.1, 0.15) is 17.3 Å². The van der Waals surface area contributed by atoms with Gasteiger partial charge in [-0.3, -0.25) is 0 Å². The molecule has 2 aromatic rings. The molecule has 0 amide bonds. The minimum absolute atomic E-state index is 0.102. The summed E-state index contributed by atoms with van der Waals surface area (Å²) in [6, 6.07) is 4.06. The molecule has 0 aromatic heterocycles. The average Bonchev–Trinajstić information content (AvgIpc) is 2.34. The number of halogens is 3. The van der Waals surface area contributed by atoms with Gasteiger partial charge in [-0.1, -0.05) is 0 Å². The highest BCUT2D eigenvalue weighted by atomic mass is 19.2. The van der Waals surface area contributed by atoms with Gasteiger partial charge in [-0.2, -0.15) is 0 Å². The second-order valence-electron chi connectivity index (χ2n) is 3.86. The third-order valence-corrected chi connectivity index (χ3v) is 2.65. The van der Waals surface area contributed by atoms with E-state index < -0.39 is 23.0 Å². The molecule has 0 atom stereocenters. The van der Waals surface area contributed by atoms with Gasteiger partial charge in [-0.05, 0) is 31.2 Å². The highest BCUT2D eigenvalue weighted by molar-refractivity contribution is 5.72. The van der Waals surface area contributed by atoms with Gasteiger partial charge < -0.3 is 10.2 Å². The molecular formula is C13H9F3O2. The Kier molecular flexibility index (Phi) is 2.90. The van der Waals surface area contributed by atoms with E-state index >= 15 is 0 Å². The molecule has 5 heteroatoms. The quantitative estimate of drug-likeness (QED) is 0.604. The number of phenols is 2. The van der Waals surface area contributed by atoms with Crippen molar-refractivity contribution >= 4 is 0 Å². The Labute approximate surface area is 101 Å². The van der Waals surface area contributed by atoms with Gasteiger partial charge in [0.2, 0.25) is 0 Å². The van der Waals surface area contributed by atoms with Crippen molar-refractivity contribution in [1.82, 2.24) is 0 Å². The summed E-state index contributed by atoms with van der Waals surface area (Å²) in [5.41, 5.74) is -0.887. The summed E-state index contributed by atoms with van der Waals surface area (Å²) in [4.78, 5) is 0. The van der Waals surface area contributed by atoms with E-state index in [0.29, 0.717) is 6.07 Å². The zero-order chi connectivity index (χ0) is 13.4. The lowest BCUT2D eigenvalue weighted by Crippen LogP contribution is -1.97. The normalized spacial score (nSPS) is 10.7. The first-order valence-electron chi connectivity index (χ1n) is 5.08. The molecule has 18 heavy (non-hydrogen) atoms. The summed E-state index contributed by atoms with van der Waals surface area (Å²) >= 11 is 0. The van der Waals surface area contributed by atoms with Gasteiger partial charge in [-0.15, -0.1) is 0 Å². The van der Waals surface area contributed by atoms with Gasteiger partial charge in [0.25, 0.3) is 0 Å². The van der Waals surface area contributed by atoms with Crippen molar-refractivity contribution in [2.45, 2.75) is 6.92 Å². The van der Waals surface area contributed by atoms with Gasteiger partial charge in [0.15, 0.2) is 11.6 Å². The Morgan fingerprint density at radius 3 is 2.22 bits per heavy atom. The van der Waals surface area contributed by atoms with Gasteiger partial charge in [-0.25, -0.2) is 13.2 Å². The van der Waals surface area contributed by atoms with Crippen LogP contribution in [0.15, 0.2) is 24.3 Å². The summed E-state index contributed by atoms with van der Waals surface area (Å²) in [5.74, 6) is -4.01. The second kappa shape index (κ2) is 4.25. The van der Waals surface area contributed by atoms with Crippen LogP contribution in [-0.4, -0.2) is 10.2 Å². The van der Waals surface area contributed by atoms with Crippen LogP contribution in [0.4, 0.5) is 13.2 Å². The third kappa shape index (κ3) is 1.88. The van der Waals surface area contributed by atoms with E-state index in [9.17, 15) is 23.4 Å². The number of hydrogen-bond acceptors (Lipinski definition) is 2. The SMILES string of the molecule is Cc1c(F)c(F)cc(-c2cc(O)ccc2O)c1F. The molecule has 0 saturated heterocycles. The summed E-state index contributed by atoms with van der Waals surface area (Å²) in [5, 5.41) is 18.9. The lowest BCUT2D eigenvalue weighted by atomic mass is 10.0. The Morgan fingerprint density at radius 2 is 1.56 bits per heavy atom. The molecule has 0 unspecified atom stereocenters. The van der Waals surface area contributed by atoms with E-state index in [1.54, 1.807) is 0 Å². The zero-order valence-corrected chi connectivity index (χ0v) is 9.34. The van der Waals surface area contributed by atoms with E-state index in [2.05, 4.69) is 0 Å². The first-order chi connectivity index (χ1) is 8.41. The fourth-order valence-corrected chi connectivity index (χ4v) is 1.67. The largest absolute Gasteiger partial charge is 0.508 e. The number of phenolic OH excluding ortho intramolecular Hbond substituents is 2. The van der Waals surface area contributed by atoms with Crippen LogP contribution in [0, 0.1) is 24.4 Å². The van der Waals surface area contributed by atoms with Crippen molar-refractivity contribution in [3.63, 3.8) is 0 Å². The molecule has 0 aliphatic heterocycles. The second-order valence-corrected chi connectivity index (χ2v) is 3.86. The van der Waals surface area contributed by atoms with Gasteiger partial charge in [0, 0.05) is 16.7 Å². The van der Waals surface area contributed by atoms with E-state index in [1.165, 1.54) is 6.07 Å². The van der Waals surface area contributed by atoms with Crippen LogP contribution in [0.1, 0.15) is 5.56 Å². The van der Waals surface area contributed by atoms with Crippen LogP contribution in [0.25, 0.3) is 11.1 Å². The molecule has 2 rings (SSSR count). The fourth-order valence-electron chi connectivity index (χ4n) is 1.67. The van der Waals surface area contributed by atoms with Gasteiger partial charge in [0.05, 0.1) is 0 Å². The molecule has 0 aliphatic carbocycles. The highest BCUT2D eigenvalue weighted by Crippen LogP contribution is 2.35. The minimum atomic E-state index is -1.27. The van der Waals surface area contributed by atoms with Crippen molar-refractivity contribution in [2.75, 3.05) is 0 Å². The first kappa shape index (κ1) is 12.3. The molecule has 0 aliphatic rings. The van der Waals surface area contributed by atoms with Crippen LogP contribution < -0.4 is 0 Å². The maximum Gasteiger partial charge on any atom is 0.164 e. The summed E-state index contributed by atoms with van der Waals surface area (Å²) in [6.45, 7) is 1.09. The maximum absolute atomic E-state index is 13.8. The first-order valence-corrected chi connectivity index (χ1v) is 5.08. The topological polar surface area (TPSA) is 40.5 Å². The Hall–Kier alpha value is -2.17. The van der Waals surface area contributed by atoms with Crippen molar-refractivity contribution in [2.24, 2.45) is 0 Å². The Balaban J connectivity index is 2.75. The van der Waals surface area contributed by atoms with Crippen molar-refractivity contribution < 1.29 is 23.4 Å². The standard InChI is InChI=1S/C13H9F3O2/c1-6-12(15)9(5-10(14)13(6)16)8-4-7(17)2-3-11(8)18/h2-5,17-18H,1H3. The summed E-state index contributed by atoms with van der Waals surface area (Å²) < 4.78 is 40.2. The lowest BCUT2D eigenvalue weighted by molar-refractivity contribution is 0.460. The number of hydrogen-bond donors (Lipinski definition) is 2. The van der Waals surface area contributed by atoms with Crippen molar-refractivity contribution in [1.29, 1.82) is 0 Å². The van der Waals surface area contributed by atoms with Crippen LogP contribution in [0.3, 0.4) is 0 Å². The van der Waals surface area contributed by atoms with Gasteiger partial charge >= 0.3 is 0 Å². The highest BCUT2D eigenvalue weighted by Gasteiger charge is 2.18. The van der Waals surface area contributed by atoms with Crippen LogP contribution in [-0.2, 0) is 0 Å². The Morgan fingerprint density at radius 1 is 0.889 bits per heavy atom. The maximum atomic E-state index is 13.8. The minimum Gasteiger partial charge on any atom is -0.508 e. The molecule has 0 saturated carbocycles. The van der Waals surface area contributed by atoms with Crippen molar-refractivity contribution in [3.8, 4) is 22.6 Å². The third-order valence-electron chi connectivity index (χ3n) is 2.65. The lowest BCUT2D eigenvalue weighted by Gasteiger charge is -2.10. The van der Waals surface area contributed by atoms with E-state index in [-0.39, 0.29) is 22.6 Å². The fraction of sp³-hybridized carbons (Fsp3) is 0.0769. The molecule has 2 N–H and O–H groups in total. The number of rotatable bonds is 1. The predicted molar refractivity (Wildman–Crippen MR) is 59.8 cm³/mol. The summed E-state index contributed by atoms with van der Waals surface area (Å²) in [6.07, 6.45) is 0. The molecule has 0 heterocycles. The molecule has 0 fully saturated rings. The van der Waals surface area contributed by atoms with E-state index in [1.807, 2.05) is 0 Å².